The maximum absolute atomic E-state index is 12.7. The Hall–Kier alpha value is -2.60. The van der Waals surface area contributed by atoms with Gasteiger partial charge in [0.1, 0.15) is 11.4 Å². The van der Waals surface area contributed by atoms with Crippen molar-refractivity contribution in [3.05, 3.63) is 35.4 Å². The Labute approximate surface area is 178 Å². The monoisotopic (exact) mass is 435 g/mol. The SMILES string of the molecule is C[C@@H]1CN(C(=O)OC(C)(C)C)[C@H](C)CN1C(=O)CS(=O)(=O)Cc1ccc(C#N)cc1. The van der Waals surface area contributed by atoms with Gasteiger partial charge in [-0.1, -0.05) is 12.1 Å². The Bertz CT molecular complexity index is 929. The first-order valence-electron chi connectivity index (χ1n) is 9.80. The van der Waals surface area contributed by atoms with Crippen molar-refractivity contribution in [1.82, 2.24) is 9.80 Å². The number of piperazine rings is 1. The van der Waals surface area contributed by atoms with Crippen LogP contribution >= 0.6 is 0 Å². The molecule has 2 amide bonds. The molecule has 0 saturated carbocycles. The lowest BCUT2D eigenvalue weighted by Gasteiger charge is -2.44. The van der Waals surface area contributed by atoms with Crippen LogP contribution in [0.3, 0.4) is 0 Å². The van der Waals surface area contributed by atoms with Gasteiger partial charge in [0.15, 0.2) is 9.84 Å². The van der Waals surface area contributed by atoms with E-state index in [0.717, 1.165) is 0 Å². The third-order valence-electron chi connectivity index (χ3n) is 4.75. The number of nitrogens with zero attached hydrogens (tertiary/aromatic N) is 3. The number of amides is 2. The number of carbonyl (C=O) groups is 2. The molecule has 2 atom stereocenters. The number of ether oxygens (including phenoxy) is 1. The smallest absolute Gasteiger partial charge is 0.410 e. The summed E-state index contributed by atoms with van der Waals surface area (Å²) >= 11 is 0. The number of rotatable bonds is 4. The van der Waals surface area contributed by atoms with E-state index in [1.165, 1.54) is 4.90 Å². The van der Waals surface area contributed by atoms with E-state index in [1.807, 2.05) is 6.07 Å². The molecule has 0 spiro atoms. The maximum Gasteiger partial charge on any atom is 0.410 e. The van der Waals surface area contributed by atoms with Crippen LogP contribution in [0.2, 0.25) is 0 Å². The molecule has 1 aliphatic rings. The fourth-order valence-corrected chi connectivity index (χ4v) is 4.64. The van der Waals surface area contributed by atoms with Crippen LogP contribution in [0.1, 0.15) is 45.7 Å². The molecule has 1 saturated heterocycles. The minimum Gasteiger partial charge on any atom is -0.444 e. The fraction of sp³-hybridized carbons (Fsp3) is 0.571. The van der Waals surface area contributed by atoms with Crippen molar-refractivity contribution >= 4 is 21.8 Å². The first kappa shape index (κ1) is 23.7. The molecule has 1 aliphatic heterocycles. The minimum absolute atomic E-state index is 0.242. The molecule has 1 aromatic rings. The zero-order valence-corrected chi connectivity index (χ0v) is 18.9. The van der Waals surface area contributed by atoms with Gasteiger partial charge in [0.05, 0.1) is 17.4 Å². The second kappa shape index (κ2) is 9.04. The fourth-order valence-electron chi connectivity index (χ4n) is 3.30. The summed E-state index contributed by atoms with van der Waals surface area (Å²) in [7, 11) is -3.68. The molecular formula is C21H29N3O5S. The van der Waals surface area contributed by atoms with E-state index in [4.69, 9.17) is 10.00 Å². The lowest BCUT2D eigenvalue weighted by Crippen LogP contribution is -2.60. The third-order valence-corrected chi connectivity index (χ3v) is 6.21. The van der Waals surface area contributed by atoms with Gasteiger partial charge in [0.25, 0.3) is 0 Å². The Morgan fingerprint density at radius 2 is 1.63 bits per heavy atom. The molecule has 0 N–H and O–H groups in total. The minimum atomic E-state index is -3.68. The summed E-state index contributed by atoms with van der Waals surface area (Å²) < 4.78 is 30.5. The van der Waals surface area contributed by atoms with Gasteiger partial charge in [-0.05, 0) is 52.3 Å². The van der Waals surface area contributed by atoms with E-state index < -0.39 is 33.2 Å². The topological polar surface area (TPSA) is 108 Å². The van der Waals surface area contributed by atoms with E-state index in [0.29, 0.717) is 11.1 Å². The van der Waals surface area contributed by atoms with Gasteiger partial charge in [-0.15, -0.1) is 0 Å². The molecule has 0 aliphatic carbocycles. The van der Waals surface area contributed by atoms with Crippen LogP contribution in [0.15, 0.2) is 24.3 Å². The van der Waals surface area contributed by atoms with E-state index in [-0.39, 0.29) is 30.9 Å². The molecule has 30 heavy (non-hydrogen) atoms. The maximum atomic E-state index is 12.7. The van der Waals surface area contributed by atoms with Gasteiger partial charge in [0.2, 0.25) is 5.91 Å². The molecule has 0 unspecified atom stereocenters. The van der Waals surface area contributed by atoms with Crippen molar-refractivity contribution in [3.63, 3.8) is 0 Å². The second-order valence-corrected chi connectivity index (χ2v) is 10.8. The molecule has 1 aromatic carbocycles. The number of hydrogen-bond acceptors (Lipinski definition) is 6. The lowest BCUT2D eigenvalue weighted by atomic mass is 10.1. The van der Waals surface area contributed by atoms with E-state index in [2.05, 4.69) is 0 Å². The summed E-state index contributed by atoms with van der Waals surface area (Å²) in [5.41, 5.74) is 0.350. The van der Waals surface area contributed by atoms with Gasteiger partial charge < -0.3 is 14.5 Å². The highest BCUT2D eigenvalue weighted by Gasteiger charge is 2.37. The number of nitriles is 1. The standard InChI is InChI=1S/C21H29N3O5S/c1-15-12-24(20(26)29-21(3,4)5)16(2)11-23(15)19(25)14-30(27,28)13-18-8-6-17(10-22)7-9-18/h6-9,15-16H,11-14H2,1-5H3/t15-,16-/m1/s1. The Kier molecular flexibility index (Phi) is 7.14. The summed E-state index contributed by atoms with van der Waals surface area (Å²) in [6.07, 6.45) is -0.442. The molecule has 1 heterocycles. The zero-order valence-electron chi connectivity index (χ0n) is 18.1. The van der Waals surface area contributed by atoms with Crippen LogP contribution in [-0.4, -0.2) is 66.7 Å². The van der Waals surface area contributed by atoms with Gasteiger partial charge in [0, 0.05) is 25.2 Å². The average Bonchev–Trinajstić information content (AvgIpc) is 2.61. The third kappa shape index (κ3) is 6.46. The number of sulfone groups is 1. The van der Waals surface area contributed by atoms with Crippen LogP contribution in [0.5, 0.6) is 0 Å². The quantitative estimate of drug-likeness (QED) is 0.718. The zero-order chi connectivity index (χ0) is 22.7. The van der Waals surface area contributed by atoms with E-state index >= 15 is 0 Å². The van der Waals surface area contributed by atoms with Gasteiger partial charge in [-0.2, -0.15) is 5.26 Å². The normalized spacial score (nSPS) is 19.9. The first-order valence-corrected chi connectivity index (χ1v) is 11.6. The molecule has 1 fully saturated rings. The van der Waals surface area contributed by atoms with Crippen molar-refractivity contribution in [2.24, 2.45) is 0 Å². The predicted octanol–water partition coefficient (Wildman–Crippen LogP) is 2.33. The van der Waals surface area contributed by atoms with Crippen LogP contribution < -0.4 is 0 Å². The summed E-state index contributed by atoms with van der Waals surface area (Å²) in [6, 6.07) is 7.60. The summed E-state index contributed by atoms with van der Waals surface area (Å²) in [4.78, 5) is 28.2. The van der Waals surface area contributed by atoms with Crippen LogP contribution in [-0.2, 0) is 25.1 Å². The molecule has 164 valence electrons. The summed E-state index contributed by atoms with van der Waals surface area (Å²) in [5, 5.41) is 8.83. The van der Waals surface area contributed by atoms with Crippen molar-refractivity contribution in [2.45, 2.75) is 58.1 Å². The molecule has 8 nitrogen and oxygen atoms in total. The van der Waals surface area contributed by atoms with Crippen molar-refractivity contribution in [3.8, 4) is 6.07 Å². The predicted molar refractivity (Wildman–Crippen MR) is 112 cm³/mol. The van der Waals surface area contributed by atoms with Crippen molar-refractivity contribution in [1.29, 1.82) is 5.26 Å². The van der Waals surface area contributed by atoms with E-state index in [1.54, 1.807) is 63.8 Å². The second-order valence-electron chi connectivity index (χ2n) is 8.72. The van der Waals surface area contributed by atoms with Crippen molar-refractivity contribution in [2.75, 3.05) is 18.8 Å². The lowest BCUT2D eigenvalue weighted by molar-refractivity contribution is -0.134. The van der Waals surface area contributed by atoms with Crippen LogP contribution in [0.25, 0.3) is 0 Å². The van der Waals surface area contributed by atoms with Gasteiger partial charge >= 0.3 is 6.09 Å². The Balaban J connectivity index is 2.01. The Morgan fingerprint density at radius 1 is 1.10 bits per heavy atom. The van der Waals surface area contributed by atoms with Gasteiger partial charge in [-0.25, -0.2) is 13.2 Å². The van der Waals surface area contributed by atoms with Gasteiger partial charge in [-0.3, -0.25) is 4.79 Å². The van der Waals surface area contributed by atoms with Crippen LogP contribution in [0.4, 0.5) is 4.79 Å². The molecule has 0 aromatic heterocycles. The number of hydrogen-bond donors (Lipinski definition) is 0. The highest BCUT2D eigenvalue weighted by atomic mass is 32.2. The van der Waals surface area contributed by atoms with E-state index in [9.17, 15) is 18.0 Å². The van der Waals surface area contributed by atoms with Crippen LogP contribution in [0, 0.1) is 11.3 Å². The molecule has 9 heteroatoms. The number of benzene rings is 1. The highest BCUT2D eigenvalue weighted by Crippen LogP contribution is 2.20. The molecule has 0 bridgehead atoms. The number of carbonyl (C=O) groups excluding carboxylic acids is 2. The molecule has 0 radical (unpaired) electrons. The average molecular weight is 436 g/mol. The van der Waals surface area contributed by atoms with Crippen molar-refractivity contribution < 1.29 is 22.7 Å². The Morgan fingerprint density at radius 3 is 2.17 bits per heavy atom. The largest absolute Gasteiger partial charge is 0.444 e. The highest BCUT2D eigenvalue weighted by molar-refractivity contribution is 7.91. The molecular weight excluding hydrogens is 406 g/mol. The first-order chi connectivity index (χ1) is 13.8. The molecule has 2 rings (SSSR count). The summed E-state index contributed by atoms with van der Waals surface area (Å²) in [5.74, 6) is -1.35. The summed E-state index contributed by atoms with van der Waals surface area (Å²) in [6.45, 7) is 9.48.